The van der Waals surface area contributed by atoms with Gasteiger partial charge < -0.3 is 18.8 Å². The van der Waals surface area contributed by atoms with E-state index in [1.54, 1.807) is 13.1 Å². The van der Waals surface area contributed by atoms with Crippen LogP contribution in [0.1, 0.15) is 25.6 Å². The van der Waals surface area contributed by atoms with Gasteiger partial charge in [0.25, 0.3) is 0 Å². The molecule has 2 unspecified atom stereocenters. The summed E-state index contributed by atoms with van der Waals surface area (Å²) in [6.07, 6.45) is -2.16. The van der Waals surface area contributed by atoms with Crippen molar-refractivity contribution in [3.63, 3.8) is 0 Å². The van der Waals surface area contributed by atoms with Gasteiger partial charge in [0.1, 0.15) is 5.75 Å². The third kappa shape index (κ3) is 6.34. The number of aromatic nitrogens is 2. The zero-order valence-corrected chi connectivity index (χ0v) is 19.5. The predicted octanol–water partition coefficient (Wildman–Crippen LogP) is 6.44. The number of imidazole rings is 1. The van der Waals surface area contributed by atoms with Gasteiger partial charge in [-0.05, 0) is 32.0 Å². The van der Waals surface area contributed by atoms with Crippen LogP contribution in [0.4, 0.5) is 18.9 Å². The van der Waals surface area contributed by atoms with E-state index in [2.05, 4.69) is 4.98 Å². The van der Waals surface area contributed by atoms with Crippen molar-refractivity contribution in [2.75, 3.05) is 0 Å². The summed E-state index contributed by atoms with van der Waals surface area (Å²) in [6.45, 7) is 2.91. The molecule has 2 aromatic carbocycles. The molecule has 0 radical (unpaired) electrons. The zero-order valence-electron chi connectivity index (χ0n) is 18.0. The maximum atomic E-state index is 12.9. The van der Waals surface area contributed by atoms with E-state index in [-0.39, 0.29) is 17.2 Å². The monoisotopic (exact) mass is 533 g/mol. The number of carbonyl (C=O) groups excluding carboxylic acids is 1. The number of benzene rings is 2. The second kappa shape index (κ2) is 10.4. The van der Waals surface area contributed by atoms with E-state index in [0.29, 0.717) is 12.1 Å². The van der Waals surface area contributed by atoms with Gasteiger partial charge in [0.2, 0.25) is 5.75 Å². The average Bonchev–Trinajstić information content (AvgIpc) is 3.30. The molecule has 3 rings (SSSR count). The quantitative estimate of drug-likeness (QED) is 0.186. The van der Waals surface area contributed by atoms with E-state index < -0.39 is 50.7 Å². The van der Waals surface area contributed by atoms with Crippen LogP contribution in [0.25, 0.3) is 0 Å². The molecule has 1 aromatic heterocycles. The second-order valence-electron chi connectivity index (χ2n) is 7.06. The fraction of sp³-hybridized carbons (Fsp3) is 0.238. The fourth-order valence-electron chi connectivity index (χ4n) is 2.79. The Kier molecular flexibility index (Phi) is 7.76. The van der Waals surface area contributed by atoms with Crippen molar-refractivity contribution in [2.24, 2.45) is 0 Å². The first kappa shape index (κ1) is 26.1. The lowest BCUT2D eigenvalue weighted by Gasteiger charge is -2.19. The number of ether oxygens (including phenoxy) is 3. The van der Waals surface area contributed by atoms with Crippen molar-refractivity contribution >= 4 is 34.9 Å². The highest BCUT2D eigenvalue weighted by Gasteiger charge is 2.32. The molecule has 9 nitrogen and oxygen atoms in total. The Balaban J connectivity index is 1.82. The van der Waals surface area contributed by atoms with Gasteiger partial charge >= 0.3 is 17.8 Å². The van der Waals surface area contributed by atoms with E-state index >= 15 is 0 Å². The summed E-state index contributed by atoms with van der Waals surface area (Å²) in [4.78, 5) is 26.9. The lowest BCUT2D eigenvalue weighted by atomic mass is 10.2. The normalized spacial score (nSPS) is 13.1. The summed E-state index contributed by atoms with van der Waals surface area (Å²) >= 11 is 11.8. The van der Waals surface area contributed by atoms with Gasteiger partial charge in [-0.2, -0.15) is 13.2 Å². The molecule has 0 bridgehead atoms. The Bertz CT molecular complexity index is 1210. The van der Waals surface area contributed by atoms with Crippen molar-refractivity contribution in [1.29, 1.82) is 0 Å². The highest BCUT2D eigenvalue weighted by molar-refractivity contribution is 6.37. The summed E-state index contributed by atoms with van der Waals surface area (Å²) in [5.41, 5.74) is -1.57. The van der Waals surface area contributed by atoms with Crippen molar-refractivity contribution in [3.8, 4) is 17.2 Å². The number of alkyl halides is 3. The van der Waals surface area contributed by atoms with E-state index in [4.69, 9.17) is 37.4 Å². The number of nitrogens with zero attached hydrogens (tertiary/aromatic N) is 3. The molecule has 0 aliphatic heterocycles. The maximum absolute atomic E-state index is 12.9. The van der Waals surface area contributed by atoms with Crippen LogP contribution in [0, 0.1) is 10.1 Å². The van der Waals surface area contributed by atoms with Gasteiger partial charge in [-0.1, -0.05) is 23.2 Å². The Hall–Kier alpha value is -3.51. The minimum Gasteiger partial charge on any atom is -0.472 e. The number of hydrogen-bond donors (Lipinski definition) is 0. The highest BCUT2D eigenvalue weighted by atomic mass is 35.5. The van der Waals surface area contributed by atoms with E-state index in [0.717, 1.165) is 12.1 Å². The molecule has 0 N–H and O–H groups in total. The Morgan fingerprint density at radius 2 is 1.83 bits per heavy atom. The number of nitro benzene ring substituents is 1. The second-order valence-corrected chi connectivity index (χ2v) is 7.88. The molecule has 0 fully saturated rings. The van der Waals surface area contributed by atoms with Gasteiger partial charge in [-0.15, -0.1) is 0 Å². The van der Waals surface area contributed by atoms with Gasteiger partial charge in [0, 0.05) is 24.5 Å². The molecule has 3 aromatic rings. The van der Waals surface area contributed by atoms with Crippen molar-refractivity contribution in [2.45, 2.75) is 32.4 Å². The van der Waals surface area contributed by atoms with Crippen molar-refractivity contribution in [3.05, 3.63) is 74.8 Å². The van der Waals surface area contributed by atoms with Crippen molar-refractivity contribution in [1.82, 2.24) is 9.55 Å². The lowest BCUT2D eigenvalue weighted by Crippen LogP contribution is -2.28. The minimum absolute atomic E-state index is 0.0958. The number of nitro groups is 1. The summed E-state index contributed by atoms with van der Waals surface area (Å²) < 4.78 is 56.5. The van der Waals surface area contributed by atoms with Crippen LogP contribution in [0.3, 0.4) is 0 Å². The molecule has 1 heterocycles. The molecule has 0 aliphatic carbocycles. The van der Waals surface area contributed by atoms with Crippen LogP contribution < -0.4 is 9.47 Å². The molecule has 0 aliphatic rings. The third-order valence-electron chi connectivity index (χ3n) is 4.54. The summed E-state index contributed by atoms with van der Waals surface area (Å²) in [6, 6.07) is 4.53. The smallest absolute Gasteiger partial charge is 0.416 e. The fourth-order valence-corrected chi connectivity index (χ4v) is 3.35. The summed E-state index contributed by atoms with van der Waals surface area (Å²) in [7, 11) is 0. The topological polar surface area (TPSA) is 106 Å². The standard InChI is InChI=1S/C21H16Cl2F3N3O6/c1-11(20(30)34-12(2)28-6-5-27-10-28)33-18-9-14(3-4-17(18)29(31)32)35-19-15(22)7-13(8-16(19)23)21(24,25)26/h3-12H,1-2H3. The Morgan fingerprint density at radius 1 is 1.17 bits per heavy atom. The molecule has 0 spiro atoms. The molecule has 2 atom stereocenters. The molecule has 0 amide bonds. The van der Waals surface area contributed by atoms with Gasteiger partial charge in [0.05, 0.1) is 26.9 Å². The number of hydrogen-bond acceptors (Lipinski definition) is 7. The molecule has 0 saturated heterocycles. The van der Waals surface area contributed by atoms with Crippen LogP contribution in [0.2, 0.25) is 10.0 Å². The Labute approximate surface area is 206 Å². The molecule has 0 saturated carbocycles. The van der Waals surface area contributed by atoms with Gasteiger partial charge in [-0.25, -0.2) is 9.78 Å². The summed E-state index contributed by atoms with van der Waals surface area (Å²) in [5.74, 6) is -1.57. The van der Waals surface area contributed by atoms with Crippen LogP contribution in [0.15, 0.2) is 49.1 Å². The lowest BCUT2D eigenvalue weighted by molar-refractivity contribution is -0.386. The predicted molar refractivity (Wildman–Crippen MR) is 118 cm³/mol. The molecular formula is C21H16Cl2F3N3O6. The molecule has 14 heteroatoms. The molecule has 186 valence electrons. The average molecular weight is 534 g/mol. The largest absolute Gasteiger partial charge is 0.472 e. The molecular weight excluding hydrogens is 518 g/mol. The van der Waals surface area contributed by atoms with E-state index in [9.17, 15) is 28.1 Å². The first-order valence-corrected chi connectivity index (χ1v) is 10.5. The van der Waals surface area contributed by atoms with Gasteiger partial charge in [-0.3, -0.25) is 10.1 Å². The van der Waals surface area contributed by atoms with Crippen LogP contribution >= 0.6 is 23.2 Å². The minimum atomic E-state index is -4.68. The van der Waals surface area contributed by atoms with E-state index in [1.807, 2.05) is 0 Å². The third-order valence-corrected chi connectivity index (χ3v) is 5.10. The number of carbonyl (C=O) groups is 1. The first-order chi connectivity index (χ1) is 16.4. The number of halogens is 5. The SMILES string of the molecule is CC(Oc1cc(Oc2c(Cl)cc(C(F)(F)F)cc2Cl)ccc1[N+](=O)[O-])C(=O)OC(C)n1ccnc1. The van der Waals surface area contributed by atoms with E-state index in [1.165, 1.54) is 30.1 Å². The van der Waals surface area contributed by atoms with Crippen LogP contribution in [-0.4, -0.2) is 26.5 Å². The van der Waals surface area contributed by atoms with Crippen LogP contribution in [-0.2, 0) is 15.7 Å². The molecule has 35 heavy (non-hydrogen) atoms. The number of rotatable bonds is 8. The van der Waals surface area contributed by atoms with Crippen LogP contribution in [0.5, 0.6) is 17.2 Å². The Morgan fingerprint density at radius 3 is 2.37 bits per heavy atom. The maximum Gasteiger partial charge on any atom is 0.416 e. The number of esters is 1. The van der Waals surface area contributed by atoms with Crippen molar-refractivity contribution < 1.29 is 37.1 Å². The first-order valence-electron chi connectivity index (χ1n) is 9.74. The van der Waals surface area contributed by atoms with Gasteiger partial charge in [0.15, 0.2) is 18.1 Å². The highest BCUT2D eigenvalue weighted by Crippen LogP contribution is 2.43. The zero-order chi connectivity index (χ0) is 25.9. The summed E-state index contributed by atoms with van der Waals surface area (Å²) in [5, 5.41) is 10.6.